The second-order valence-corrected chi connectivity index (χ2v) is 8.60. The van der Waals surface area contributed by atoms with Crippen molar-refractivity contribution < 1.29 is 14.4 Å². The molecule has 3 heterocycles. The van der Waals surface area contributed by atoms with E-state index in [1.807, 2.05) is 45.9 Å². The van der Waals surface area contributed by atoms with E-state index in [-0.39, 0.29) is 12.1 Å². The third-order valence-corrected chi connectivity index (χ3v) is 4.98. The number of hydrogen-bond donors (Lipinski definition) is 1. The zero-order valence-corrected chi connectivity index (χ0v) is 16.6. The summed E-state index contributed by atoms with van der Waals surface area (Å²) in [6.07, 6.45) is 6.39. The first-order chi connectivity index (χ1) is 13.2. The lowest BCUT2D eigenvalue weighted by Gasteiger charge is -2.27. The van der Waals surface area contributed by atoms with Crippen LogP contribution < -0.4 is 0 Å². The maximum absolute atomic E-state index is 12.9. The summed E-state index contributed by atoms with van der Waals surface area (Å²) in [5.74, 6) is 3.32. The van der Waals surface area contributed by atoms with Gasteiger partial charge in [-0.05, 0) is 45.9 Å². The predicted octanol–water partition coefficient (Wildman–Crippen LogP) is 3.76. The fraction of sp³-hybridized carbons (Fsp3) is 0.476. The number of imidazole rings is 1. The number of H-pyrrole nitrogens is 1. The molecule has 1 N–H and O–H groups in total. The number of ether oxygens (including phenoxy) is 1. The summed E-state index contributed by atoms with van der Waals surface area (Å²) in [6, 6.07) is 5.33. The van der Waals surface area contributed by atoms with Gasteiger partial charge in [0, 0.05) is 18.4 Å². The number of benzene rings is 1. The molecule has 1 saturated heterocycles. The van der Waals surface area contributed by atoms with Crippen LogP contribution in [-0.4, -0.2) is 44.4 Å². The molecule has 28 heavy (non-hydrogen) atoms. The molecular formula is C21H24N4O3. The normalized spacial score (nSPS) is 24.3. The zero-order valence-electron chi connectivity index (χ0n) is 16.6. The number of fused-ring (bicyclic) bond motifs is 1. The zero-order chi connectivity index (χ0) is 20.1. The van der Waals surface area contributed by atoms with E-state index in [2.05, 4.69) is 16.1 Å². The van der Waals surface area contributed by atoms with Crippen molar-refractivity contribution in [2.24, 2.45) is 5.16 Å². The fourth-order valence-electron chi connectivity index (χ4n) is 3.88. The second-order valence-electron chi connectivity index (χ2n) is 8.60. The van der Waals surface area contributed by atoms with Crippen LogP contribution in [0.25, 0.3) is 11.0 Å². The van der Waals surface area contributed by atoms with Crippen molar-refractivity contribution in [3.63, 3.8) is 0 Å². The minimum atomic E-state index is -0.587. The summed E-state index contributed by atoms with van der Waals surface area (Å²) in [5.41, 5.74) is 2.22. The molecular weight excluding hydrogens is 356 g/mol. The molecule has 7 heteroatoms. The van der Waals surface area contributed by atoms with Gasteiger partial charge in [0.2, 0.25) is 0 Å². The number of carbonyl (C=O) groups is 1. The Morgan fingerprint density at radius 1 is 1.46 bits per heavy atom. The third-order valence-electron chi connectivity index (χ3n) is 4.98. The van der Waals surface area contributed by atoms with Crippen LogP contribution in [0.3, 0.4) is 0 Å². The van der Waals surface area contributed by atoms with Gasteiger partial charge in [-0.25, -0.2) is 9.78 Å². The van der Waals surface area contributed by atoms with Gasteiger partial charge in [0.25, 0.3) is 0 Å². The molecule has 2 aliphatic heterocycles. The highest BCUT2D eigenvalue weighted by atomic mass is 16.7. The first kappa shape index (κ1) is 18.4. The van der Waals surface area contributed by atoms with E-state index in [9.17, 15) is 4.79 Å². The molecule has 1 aromatic heterocycles. The molecule has 1 aromatic carbocycles. The van der Waals surface area contributed by atoms with E-state index < -0.39 is 11.2 Å². The maximum Gasteiger partial charge on any atom is 0.411 e. The molecule has 1 spiro atoms. The molecule has 7 nitrogen and oxygen atoms in total. The van der Waals surface area contributed by atoms with Crippen LogP contribution in [0.4, 0.5) is 4.79 Å². The largest absolute Gasteiger partial charge is 0.444 e. The fourth-order valence-corrected chi connectivity index (χ4v) is 3.88. The van der Waals surface area contributed by atoms with E-state index in [0.717, 1.165) is 22.3 Å². The quantitative estimate of drug-likeness (QED) is 0.764. The molecule has 4 rings (SSSR count). The van der Waals surface area contributed by atoms with Crippen LogP contribution >= 0.6 is 0 Å². The summed E-state index contributed by atoms with van der Waals surface area (Å²) in [6.45, 7) is 7.90. The Morgan fingerprint density at radius 3 is 2.89 bits per heavy atom. The highest BCUT2D eigenvalue weighted by Gasteiger charge is 2.53. The molecule has 2 aromatic rings. The Morgan fingerprint density at radius 2 is 2.25 bits per heavy atom. The van der Waals surface area contributed by atoms with Gasteiger partial charge >= 0.3 is 6.09 Å². The summed E-state index contributed by atoms with van der Waals surface area (Å²) in [4.78, 5) is 28.4. The smallest absolute Gasteiger partial charge is 0.411 e. The van der Waals surface area contributed by atoms with Gasteiger partial charge < -0.3 is 14.6 Å². The third kappa shape index (κ3) is 3.31. The molecule has 1 amide bonds. The van der Waals surface area contributed by atoms with Crippen LogP contribution in [0.2, 0.25) is 0 Å². The molecule has 2 aliphatic rings. The van der Waals surface area contributed by atoms with Crippen molar-refractivity contribution in [3.8, 4) is 12.3 Å². The molecule has 0 bridgehead atoms. The van der Waals surface area contributed by atoms with Gasteiger partial charge in [-0.3, -0.25) is 4.90 Å². The van der Waals surface area contributed by atoms with Crippen LogP contribution in [0, 0.1) is 12.3 Å². The molecule has 0 saturated carbocycles. The number of nitrogens with one attached hydrogen (secondary N) is 1. The van der Waals surface area contributed by atoms with Gasteiger partial charge in [0.15, 0.2) is 5.60 Å². The van der Waals surface area contributed by atoms with Gasteiger partial charge in [-0.2, -0.15) is 0 Å². The van der Waals surface area contributed by atoms with E-state index in [1.165, 1.54) is 0 Å². The average molecular weight is 380 g/mol. The summed E-state index contributed by atoms with van der Waals surface area (Å²) < 4.78 is 5.64. The van der Waals surface area contributed by atoms with Crippen molar-refractivity contribution >= 4 is 22.8 Å². The molecule has 2 atom stereocenters. The Kier molecular flexibility index (Phi) is 4.11. The Labute approximate surface area is 164 Å². The minimum Gasteiger partial charge on any atom is -0.444 e. The minimum absolute atomic E-state index is 0.294. The van der Waals surface area contributed by atoms with Crippen LogP contribution in [0.1, 0.15) is 58.0 Å². The number of terminal acetylenes is 1. The van der Waals surface area contributed by atoms with E-state index in [0.29, 0.717) is 25.2 Å². The Balaban J connectivity index is 1.69. The molecule has 1 fully saturated rings. The first-order valence-electron chi connectivity index (χ1n) is 9.36. The van der Waals surface area contributed by atoms with Crippen LogP contribution in [0.5, 0.6) is 0 Å². The van der Waals surface area contributed by atoms with Crippen molar-refractivity contribution in [3.05, 3.63) is 29.6 Å². The number of aromatic amines is 1. The number of oxime groups is 1. The summed E-state index contributed by atoms with van der Waals surface area (Å²) in [5, 5.41) is 4.12. The standard InChI is InChI=1S/C21H24N4O3/c1-6-14-7-8-15-16(9-14)23-18(22-15)17-11-21(10-13(2)24-28-21)12-25(17)19(26)27-20(3,4)5/h1,7-9,17H,10-12H2,2-5H3,(H,22,23)/t17-,21-/m1/s1. The number of aromatic nitrogens is 2. The first-order valence-corrected chi connectivity index (χ1v) is 9.36. The Hall–Kier alpha value is -3.01. The SMILES string of the molecule is C#Cc1ccc2[nH]c([C@H]3C[C@]4(CC(C)=NO4)CN3C(=O)OC(C)(C)C)nc2c1. The molecule has 146 valence electrons. The number of carbonyl (C=O) groups excluding carboxylic acids is 1. The molecule has 0 aliphatic carbocycles. The summed E-state index contributed by atoms with van der Waals surface area (Å²) in [7, 11) is 0. The topological polar surface area (TPSA) is 79.8 Å². The van der Waals surface area contributed by atoms with Gasteiger partial charge in [0.05, 0.1) is 29.3 Å². The van der Waals surface area contributed by atoms with Crippen LogP contribution in [-0.2, 0) is 9.57 Å². The highest BCUT2D eigenvalue weighted by molar-refractivity contribution is 5.84. The van der Waals surface area contributed by atoms with Crippen LogP contribution in [0.15, 0.2) is 23.4 Å². The molecule has 0 unspecified atom stereocenters. The predicted molar refractivity (Wildman–Crippen MR) is 106 cm³/mol. The second kappa shape index (κ2) is 6.26. The van der Waals surface area contributed by atoms with Gasteiger partial charge in [-0.1, -0.05) is 11.1 Å². The number of likely N-dealkylation sites (tertiary alicyclic amines) is 1. The molecule has 0 radical (unpaired) electrons. The van der Waals surface area contributed by atoms with E-state index >= 15 is 0 Å². The number of hydrogen-bond acceptors (Lipinski definition) is 5. The van der Waals surface area contributed by atoms with Gasteiger partial charge in [0.1, 0.15) is 11.4 Å². The van der Waals surface area contributed by atoms with E-state index in [4.69, 9.17) is 21.0 Å². The monoisotopic (exact) mass is 380 g/mol. The number of amides is 1. The lowest BCUT2D eigenvalue weighted by atomic mass is 9.94. The average Bonchev–Trinajstić information content (AvgIpc) is 3.29. The lowest BCUT2D eigenvalue weighted by Crippen LogP contribution is -2.40. The van der Waals surface area contributed by atoms with Crippen molar-refractivity contribution in [2.75, 3.05) is 6.54 Å². The van der Waals surface area contributed by atoms with Crippen molar-refractivity contribution in [2.45, 2.75) is 57.8 Å². The lowest BCUT2D eigenvalue weighted by molar-refractivity contribution is -0.0159. The van der Waals surface area contributed by atoms with E-state index in [1.54, 1.807) is 4.90 Å². The van der Waals surface area contributed by atoms with Crippen molar-refractivity contribution in [1.29, 1.82) is 0 Å². The maximum atomic E-state index is 12.9. The highest BCUT2D eigenvalue weighted by Crippen LogP contribution is 2.44. The number of rotatable bonds is 1. The Bertz CT molecular complexity index is 1010. The number of nitrogens with zero attached hydrogens (tertiary/aromatic N) is 3. The summed E-state index contributed by atoms with van der Waals surface area (Å²) >= 11 is 0. The van der Waals surface area contributed by atoms with Gasteiger partial charge in [-0.15, -0.1) is 6.42 Å². The van der Waals surface area contributed by atoms with Crippen molar-refractivity contribution in [1.82, 2.24) is 14.9 Å².